The Kier molecular flexibility index (Phi) is 7.25. The second-order valence-corrected chi connectivity index (χ2v) is 8.64. The molecular formula is C18H28N2O4S. The van der Waals surface area contributed by atoms with Gasteiger partial charge in [-0.25, -0.2) is 12.7 Å². The third-order valence-corrected chi connectivity index (χ3v) is 6.34. The maximum absolute atomic E-state index is 12.2. The van der Waals surface area contributed by atoms with Crippen LogP contribution in [0.4, 0.5) is 0 Å². The summed E-state index contributed by atoms with van der Waals surface area (Å²) in [5.41, 5.74) is 1.15. The fourth-order valence-corrected chi connectivity index (χ4v) is 4.03. The molecular weight excluding hydrogens is 340 g/mol. The number of piperidine rings is 1. The third kappa shape index (κ3) is 6.01. The Hall–Kier alpha value is -1.60. The molecule has 1 N–H and O–H groups in total. The number of carbonyl (C=O) groups is 1. The summed E-state index contributed by atoms with van der Waals surface area (Å²) in [6.45, 7) is 5.65. The van der Waals surface area contributed by atoms with Gasteiger partial charge in [0, 0.05) is 25.6 Å². The number of aryl methyl sites for hydroxylation is 1. The molecule has 0 aromatic heterocycles. The van der Waals surface area contributed by atoms with Crippen molar-refractivity contribution >= 4 is 15.9 Å². The number of nitrogens with one attached hydrogen (secondary N) is 1. The molecule has 0 aliphatic carbocycles. The van der Waals surface area contributed by atoms with Gasteiger partial charge < -0.3 is 10.1 Å². The average Bonchev–Trinajstić information content (AvgIpc) is 2.61. The van der Waals surface area contributed by atoms with Gasteiger partial charge in [0.2, 0.25) is 15.9 Å². The molecule has 0 radical (unpaired) electrons. The zero-order chi connectivity index (χ0) is 18.3. The minimum Gasteiger partial charge on any atom is -0.494 e. The Morgan fingerprint density at radius 2 is 2.04 bits per heavy atom. The smallest absolute Gasteiger partial charge is 0.223 e. The van der Waals surface area contributed by atoms with Gasteiger partial charge in [0.25, 0.3) is 0 Å². The lowest BCUT2D eigenvalue weighted by atomic mass is 9.97. The minimum absolute atomic E-state index is 0.0177. The normalized spacial score (nSPS) is 16.6. The molecule has 0 atom stereocenters. The molecule has 1 heterocycles. The summed E-state index contributed by atoms with van der Waals surface area (Å²) in [4.78, 5) is 12.2. The predicted molar refractivity (Wildman–Crippen MR) is 98.1 cm³/mol. The molecule has 7 heteroatoms. The Bertz CT molecular complexity index is 667. The largest absolute Gasteiger partial charge is 0.494 e. The summed E-state index contributed by atoms with van der Waals surface area (Å²) in [5, 5.41) is 2.93. The molecule has 1 aliphatic rings. The van der Waals surface area contributed by atoms with Gasteiger partial charge in [-0.3, -0.25) is 4.79 Å². The van der Waals surface area contributed by atoms with E-state index in [1.165, 1.54) is 4.31 Å². The quantitative estimate of drug-likeness (QED) is 0.712. The summed E-state index contributed by atoms with van der Waals surface area (Å²) < 4.78 is 30.8. The lowest BCUT2D eigenvalue weighted by molar-refractivity contribution is -0.126. The summed E-state index contributed by atoms with van der Waals surface area (Å²) in [5.74, 6) is 0.881. The number of benzene rings is 1. The van der Waals surface area contributed by atoms with Crippen molar-refractivity contribution < 1.29 is 17.9 Å². The number of carbonyl (C=O) groups excluding carboxylic acids is 1. The number of hydrogen-bond donors (Lipinski definition) is 1. The first-order chi connectivity index (χ1) is 11.9. The van der Waals surface area contributed by atoms with Crippen LogP contribution < -0.4 is 10.1 Å². The molecule has 6 nitrogen and oxygen atoms in total. The van der Waals surface area contributed by atoms with Crippen LogP contribution in [0.25, 0.3) is 0 Å². The Morgan fingerprint density at radius 3 is 2.68 bits per heavy atom. The van der Waals surface area contributed by atoms with Crippen molar-refractivity contribution in [2.75, 3.05) is 32.0 Å². The second-order valence-electron chi connectivity index (χ2n) is 6.38. The van der Waals surface area contributed by atoms with Crippen LogP contribution in [0.2, 0.25) is 0 Å². The second kappa shape index (κ2) is 9.20. The molecule has 0 spiro atoms. The Morgan fingerprint density at radius 1 is 1.32 bits per heavy atom. The van der Waals surface area contributed by atoms with Crippen molar-refractivity contribution in [2.24, 2.45) is 5.92 Å². The first-order valence-electron chi connectivity index (χ1n) is 8.87. The van der Waals surface area contributed by atoms with E-state index in [-0.39, 0.29) is 17.6 Å². The number of sulfonamides is 1. The summed E-state index contributed by atoms with van der Waals surface area (Å²) in [6.07, 6.45) is 1.92. The van der Waals surface area contributed by atoms with Crippen LogP contribution >= 0.6 is 0 Å². The van der Waals surface area contributed by atoms with Crippen molar-refractivity contribution in [2.45, 2.75) is 33.1 Å². The van der Waals surface area contributed by atoms with E-state index in [4.69, 9.17) is 4.74 Å². The van der Waals surface area contributed by atoms with Gasteiger partial charge in [-0.05, 0) is 50.8 Å². The summed E-state index contributed by atoms with van der Waals surface area (Å²) >= 11 is 0. The van der Waals surface area contributed by atoms with Crippen LogP contribution in [0.15, 0.2) is 24.3 Å². The molecule has 1 amide bonds. The summed E-state index contributed by atoms with van der Waals surface area (Å²) in [7, 11) is -3.14. The van der Waals surface area contributed by atoms with Gasteiger partial charge in [0.1, 0.15) is 5.75 Å². The van der Waals surface area contributed by atoms with Gasteiger partial charge >= 0.3 is 0 Å². The lowest BCUT2D eigenvalue weighted by Crippen LogP contribution is -2.43. The number of amides is 1. The molecule has 1 fully saturated rings. The highest BCUT2D eigenvalue weighted by molar-refractivity contribution is 7.89. The first kappa shape index (κ1) is 19.7. The number of hydrogen-bond acceptors (Lipinski definition) is 4. The summed E-state index contributed by atoms with van der Waals surface area (Å²) in [6, 6.07) is 7.88. The predicted octanol–water partition coefficient (Wildman–Crippen LogP) is 1.94. The van der Waals surface area contributed by atoms with Crippen molar-refractivity contribution in [3.05, 3.63) is 29.8 Å². The van der Waals surface area contributed by atoms with E-state index in [1.54, 1.807) is 6.92 Å². The topological polar surface area (TPSA) is 75.7 Å². The highest BCUT2D eigenvalue weighted by atomic mass is 32.2. The number of nitrogens with zero attached hydrogens (tertiary/aromatic N) is 1. The maximum atomic E-state index is 12.2. The van der Waals surface area contributed by atoms with Gasteiger partial charge in [-0.15, -0.1) is 0 Å². The first-order valence-corrected chi connectivity index (χ1v) is 10.5. The molecule has 2 rings (SSSR count). The van der Waals surface area contributed by atoms with Crippen LogP contribution in [-0.4, -0.2) is 50.6 Å². The number of ether oxygens (including phenoxy) is 1. The molecule has 0 saturated carbocycles. The van der Waals surface area contributed by atoms with Gasteiger partial charge in [0.15, 0.2) is 0 Å². The Balaban J connectivity index is 1.63. The molecule has 1 aromatic carbocycles. The fourth-order valence-electron chi connectivity index (χ4n) is 2.90. The molecule has 140 valence electrons. The zero-order valence-electron chi connectivity index (χ0n) is 15.0. The van der Waals surface area contributed by atoms with Crippen LogP contribution in [0, 0.1) is 12.8 Å². The molecule has 1 saturated heterocycles. The maximum Gasteiger partial charge on any atom is 0.223 e. The van der Waals surface area contributed by atoms with Crippen molar-refractivity contribution in [1.82, 2.24) is 9.62 Å². The van der Waals surface area contributed by atoms with E-state index in [2.05, 4.69) is 5.32 Å². The highest BCUT2D eigenvalue weighted by Gasteiger charge is 2.29. The minimum atomic E-state index is -3.14. The van der Waals surface area contributed by atoms with Crippen LogP contribution in [0.5, 0.6) is 5.75 Å². The van der Waals surface area contributed by atoms with Crippen LogP contribution in [-0.2, 0) is 14.8 Å². The fraction of sp³-hybridized carbons (Fsp3) is 0.611. The van der Waals surface area contributed by atoms with Gasteiger partial charge in [-0.2, -0.15) is 0 Å². The Labute approximate surface area is 150 Å². The van der Waals surface area contributed by atoms with Gasteiger partial charge in [0.05, 0.1) is 12.4 Å². The molecule has 0 bridgehead atoms. The molecule has 1 aliphatic heterocycles. The van der Waals surface area contributed by atoms with Crippen molar-refractivity contribution in [1.29, 1.82) is 0 Å². The lowest BCUT2D eigenvalue weighted by Gasteiger charge is -2.30. The monoisotopic (exact) mass is 368 g/mol. The standard InChI is InChI=1S/C18H28N2O4S/c1-3-25(22,23)20-11-8-16(9-12-20)18(21)19-10-5-13-24-17-7-4-6-15(2)14-17/h4,6-7,14,16H,3,5,8-13H2,1-2H3,(H,19,21). The van der Waals surface area contributed by atoms with E-state index in [1.807, 2.05) is 31.2 Å². The van der Waals surface area contributed by atoms with E-state index in [0.29, 0.717) is 39.1 Å². The van der Waals surface area contributed by atoms with E-state index in [0.717, 1.165) is 17.7 Å². The third-order valence-electron chi connectivity index (χ3n) is 4.46. The van der Waals surface area contributed by atoms with E-state index in [9.17, 15) is 13.2 Å². The highest BCUT2D eigenvalue weighted by Crippen LogP contribution is 2.20. The van der Waals surface area contributed by atoms with Crippen LogP contribution in [0.3, 0.4) is 0 Å². The number of rotatable bonds is 8. The van der Waals surface area contributed by atoms with Crippen molar-refractivity contribution in [3.63, 3.8) is 0 Å². The van der Waals surface area contributed by atoms with Crippen molar-refractivity contribution in [3.8, 4) is 5.75 Å². The van der Waals surface area contributed by atoms with E-state index >= 15 is 0 Å². The molecule has 0 unspecified atom stereocenters. The molecule has 1 aromatic rings. The average molecular weight is 368 g/mol. The van der Waals surface area contributed by atoms with E-state index < -0.39 is 10.0 Å². The SMILES string of the molecule is CCS(=O)(=O)N1CCC(C(=O)NCCCOc2cccc(C)c2)CC1. The van der Waals surface area contributed by atoms with Crippen LogP contribution in [0.1, 0.15) is 31.7 Å². The van der Waals surface area contributed by atoms with Gasteiger partial charge in [-0.1, -0.05) is 12.1 Å². The zero-order valence-corrected chi connectivity index (χ0v) is 15.8. The molecule has 25 heavy (non-hydrogen) atoms.